The third-order valence-corrected chi connectivity index (χ3v) is 5.92. The predicted molar refractivity (Wildman–Crippen MR) is 83.1 cm³/mol. The summed E-state index contributed by atoms with van der Waals surface area (Å²) in [7, 11) is -1.22. The highest BCUT2D eigenvalue weighted by molar-refractivity contribution is 6.66. The summed E-state index contributed by atoms with van der Waals surface area (Å²) in [5.74, 6) is 0. The fourth-order valence-electron chi connectivity index (χ4n) is 2.39. The summed E-state index contributed by atoms with van der Waals surface area (Å²) in [6.07, 6.45) is 6.96. The average Bonchev–Trinajstić information content (AvgIpc) is 2.35. The van der Waals surface area contributed by atoms with E-state index in [4.69, 9.17) is 4.43 Å². The van der Waals surface area contributed by atoms with Crippen molar-refractivity contribution >= 4 is 14.2 Å². The SMILES string of the molecule is CCCCCCC(C)O[SiH](C)c1ccccc1C. The van der Waals surface area contributed by atoms with Crippen LogP contribution in [0.2, 0.25) is 6.55 Å². The largest absolute Gasteiger partial charge is 0.413 e. The van der Waals surface area contributed by atoms with Crippen LogP contribution in [0.4, 0.5) is 0 Å². The van der Waals surface area contributed by atoms with Crippen molar-refractivity contribution in [1.82, 2.24) is 0 Å². The van der Waals surface area contributed by atoms with Crippen molar-refractivity contribution in [3.63, 3.8) is 0 Å². The normalized spacial score (nSPS) is 14.4. The molecular formula is C16H28OSi. The highest BCUT2D eigenvalue weighted by atomic mass is 28.3. The van der Waals surface area contributed by atoms with E-state index in [2.05, 4.69) is 51.6 Å². The molecule has 2 unspecified atom stereocenters. The number of rotatable bonds is 8. The van der Waals surface area contributed by atoms with Gasteiger partial charge >= 0.3 is 0 Å². The van der Waals surface area contributed by atoms with Crippen molar-refractivity contribution in [3.05, 3.63) is 29.8 Å². The maximum Gasteiger partial charge on any atom is 0.205 e. The molecule has 1 aromatic carbocycles. The van der Waals surface area contributed by atoms with Gasteiger partial charge in [0.1, 0.15) is 0 Å². The molecule has 0 spiro atoms. The Morgan fingerprint density at radius 3 is 2.56 bits per heavy atom. The van der Waals surface area contributed by atoms with Gasteiger partial charge in [0.25, 0.3) is 0 Å². The van der Waals surface area contributed by atoms with Gasteiger partial charge in [-0.1, -0.05) is 56.9 Å². The van der Waals surface area contributed by atoms with Crippen LogP contribution in [0.25, 0.3) is 0 Å². The molecule has 0 heterocycles. The molecule has 0 aliphatic rings. The summed E-state index contributed by atoms with van der Waals surface area (Å²) >= 11 is 0. The number of benzene rings is 1. The summed E-state index contributed by atoms with van der Waals surface area (Å²) in [5, 5.41) is 1.46. The zero-order valence-corrected chi connectivity index (χ0v) is 13.6. The molecule has 0 aliphatic heterocycles. The quantitative estimate of drug-likeness (QED) is 0.510. The maximum atomic E-state index is 6.24. The van der Waals surface area contributed by atoms with Gasteiger partial charge in [0.05, 0.1) is 0 Å². The second-order valence-electron chi connectivity index (χ2n) is 5.29. The zero-order chi connectivity index (χ0) is 13.4. The van der Waals surface area contributed by atoms with Gasteiger partial charge in [0, 0.05) is 6.10 Å². The molecule has 0 amide bonds. The molecule has 1 nitrogen and oxygen atoms in total. The van der Waals surface area contributed by atoms with Crippen LogP contribution in [-0.2, 0) is 4.43 Å². The molecule has 0 bridgehead atoms. The van der Waals surface area contributed by atoms with Gasteiger partial charge in [0.2, 0.25) is 9.04 Å². The Morgan fingerprint density at radius 1 is 1.17 bits per heavy atom. The Bertz CT molecular complexity index is 338. The first kappa shape index (κ1) is 15.5. The molecular weight excluding hydrogens is 236 g/mol. The van der Waals surface area contributed by atoms with Crippen LogP contribution in [0.3, 0.4) is 0 Å². The van der Waals surface area contributed by atoms with Crippen molar-refractivity contribution in [2.45, 2.75) is 65.5 Å². The monoisotopic (exact) mass is 264 g/mol. The molecule has 102 valence electrons. The molecule has 0 radical (unpaired) electrons. The lowest BCUT2D eigenvalue weighted by Crippen LogP contribution is -2.35. The Morgan fingerprint density at radius 2 is 1.89 bits per heavy atom. The average molecular weight is 264 g/mol. The fraction of sp³-hybridized carbons (Fsp3) is 0.625. The van der Waals surface area contributed by atoms with E-state index >= 15 is 0 Å². The van der Waals surface area contributed by atoms with Gasteiger partial charge in [0.15, 0.2) is 0 Å². The molecule has 1 rings (SSSR count). The minimum absolute atomic E-state index is 0.420. The summed E-state index contributed by atoms with van der Waals surface area (Å²) in [4.78, 5) is 0. The van der Waals surface area contributed by atoms with Crippen molar-refractivity contribution in [3.8, 4) is 0 Å². The topological polar surface area (TPSA) is 9.23 Å². The van der Waals surface area contributed by atoms with Crippen molar-refractivity contribution in [2.75, 3.05) is 0 Å². The van der Waals surface area contributed by atoms with Gasteiger partial charge in [-0.15, -0.1) is 0 Å². The van der Waals surface area contributed by atoms with Crippen LogP contribution < -0.4 is 5.19 Å². The molecule has 1 aromatic rings. The minimum atomic E-state index is -1.22. The Kier molecular flexibility index (Phi) is 7.29. The predicted octanol–water partition coefficient (Wildman–Crippen LogP) is 3.93. The van der Waals surface area contributed by atoms with Gasteiger partial charge in [-0.05, 0) is 37.6 Å². The molecule has 2 atom stereocenters. The Balaban J connectivity index is 2.35. The van der Waals surface area contributed by atoms with Crippen molar-refractivity contribution in [2.24, 2.45) is 0 Å². The first-order valence-electron chi connectivity index (χ1n) is 7.36. The molecule has 0 saturated heterocycles. The highest BCUT2D eigenvalue weighted by Gasteiger charge is 2.14. The van der Waals surface area contributed by atoms with Crippen LogP contribution in [0.5, 0.6) is 0 Å². The summed E-state index contributed by atoms with van der Waals surface area (Å²) < 4.78 is 6.24. The minimum Gasteiger partial charge on any atom is -0.413 e. The van der Waals surface area contributed by atoms with E-state index in [1.54, 1.807) is 0 Å². The van der Waals surface area contributed by atoms with Crippen LogP contribution in [0.15, 0.2) is 24.3 Å². The Labute approximate surface area is 114 Å². The lowest BCUT2D eigenvalue weighted by atomic mass is 10.1. The standard InChI is InChI=1S/C16H28OSi/c1-5-6-7-8-12-15(3)17-18(4)16-13-10-9-11-14(16)2/h9-11,13,15,18H,5-8,12H2,1-4H3. The first-order chi connectivity index (χ1) is 8.65. The number of hydrogen-bond donors (Lipinski definition) is 0. The number of aryl methyl sites for hydroxylation is 1. The van der Waals surface area contributed by atoms with Gasteiger partial charge < -0.3 is 4.43 Å². The second kappa shape index (κ2) is 8.49. The van der Waals surface area contributed by atoms with Crippen molar-refractivity contribution in [1.29, 1.82) is 0 Å². The van der Waals surface area contributed by atoms with Crippen LogP contribution in [-0.4, -0.2) is 15.1 Å². The lowest BCUT2D eigenvalue weighted by Gasteiger charge is -2.20. The van der Waals surface area contributed by atoms with Crippen LogP contribution >= 0.6 is 0 Å². The van der Waals surface area contributed by atoms with E-state index in [1.165, 1.54) is 42.9 Å². The highest BCUT2D eigenvalue weighted by Crippen LogP contribution is 2.09. The maximum absolute atomic E-state index is 6.24. The van der Waals surface area contributed by atoms with E-state index in [1.807, 2.05) is 0 Å². The summed E-state index contributed by atoms with van der Waals surface area (Å²) in [6.45, 7) is 8.97. The van der Waals surface area contributed by atoms with Gasteiger partial charge in [-0.2, -0.15) is 0 Å². The van der Waals surface area contributed by atoms with Gasteiger partial charge in [-0.3, -0.25) is 0 Å². The lowest BCUT2D eigenvalue weighted by molar-refractivity contribution is 0.212. The van der Waals surface area contributed by atoms with Gasteiger partial charge in [-0.25, -0.2) is 0 Å². The zero-order valence-electron chi connectivity index (χ0n) is 12.4. The fourth-order valence-corrected chi connectivity index (χ4v) is 4.49. The summed E-state index contributed by atoms with van der Waals surface area (Å²) in [5.41, 5.74) is 1.38. The molecule has 0 saturated carbocycles. The number of hydrogen-bond acceptors (Lipinski definition) is 1. The molecule has 0 aliphatic carbocycles. The van der Waals surface area contributed by atoms with E-state index in [0.29, 0.717) is 6.10 Å². The van der Waals surface area contributed by atoms with E-state index in [0.717, 1.165) is 0 Å². The number of unbranched alkanes of at least 4 members (excludes halogenated alkanes) is 3. The summed E-state index contributed by atoms with van der Waals surface area (Å²) in [6, 6.07) is 8.65. The third kappa shape index (κ3) is 5.36. The van der Waals surface area contributed by atoms with Crippen molar-refractivity contribution < 1.29 is 4.43 Å². The molecule has 0 N–H and O–H groups in total. The van der Waals surface area contributed by atoms with Crippen LogP contribution in [0.1, 0.15) is 51.5 Å². The molecule has 0 fully saturated rings. The molecule has 2 heteroatoms. The second-order valence-corrected chi connectivity index (χ2v) is 7.47. The smallest absolute Gasteiger partial charge is 0.205 e. The van der Waals surface area contributed by atoms with E-state index in [-0.39, 0.29) is 0 Å². The third-order valence-electron chi connectivity index (χ3n) is 3.53. The molecule has 18 heavy (non-hydrogen) atoms. The van der Waals surface area contributed by atoms with E-state index < -0.39 is 9.04 Å². The van der Waals surface area contributed by atoms with E-state index in [9.17, 15) is 0 Å². The Hall–Kier alpha value is -0.603. The first-order valence-corrected chi connectivity index (χ1v) is 9.56. The van der Waals surface area contributed by atoms with Crippen LogP contribution in [0, 0.1) is 6.92 Å². The molecule has 0 aromatic heterocycles.